The summed E-state index contributed by atoms with van der Waals surface area (Å²) in [6.45, 7) is 4.82. The number of hydrogen-bond acceptors (Lipinski definition) is 2. The second-order valence-electron chi connectivity index (χ2n) is 4.77. The molecule has 0 spiro atoms. The molecule has 0 bridgehead atoms. The van der Waals surface area contributed by atoms with E-state index < -0.39 is 0 Å². The lowest BCUT2D eigenvalue weighted by Crippen LogP contribution is -2.21. The molecule has 2 heteroatoms. The van der Waals surface area contributed by atoms with E-state index in [1.54, 1.807) is 0 Å². The number of nitrogens with zero attached hydrogens (tertiary/aromatic N) is 1. The first-order chi connectivity index (χ1) is 7.88. The molecule has 16 heavy (non-hydrogen) atoms. The number of nitrogens with one attached hydrogen (secondary N) is 1. The molecule has 2 rings (SSSR count). The molecule has 88 valence electrons. The number of likely N-dealkylation sites (tertiary alicyclic amines) is 1. The fraction of sp³-hybridized carbons (Fsp3) is 0.571. The summed E-state index contributed by atoms with van der Waals surface area (Å²) in [5, 5.41) is 3.24. The molecule has 2 nitrogen and oxygen atoms in total. The Balaban J connectivity index is 1.76. The topological polar surface area (TPSA) is 15.3 Å². The number of benzene rings is 1. The maximum absolute atomic E-state index is 3.24. The normalized spacial score (nSPS) is 21.4. The maximum Gasteiger partial charge on any atom is 0.0233 e. The van der Waals surface area contributed by atoms with E-state index in [0.717, 1.165) is 19.0 Å². The van der Waals surface area contributed by atoms with Crippen LogP contribution in [0.5, 0.6) is 0 Å². The van der Waals surface area contributed by atoms with Gasteiger partial charge < -0.3 is 5.32 Å². The van der Waals surface area contributed by atoms with Crippen molar-refractivity contribution in [3.63, 3.8) is 0 Å². The van der Waals surface area contributed by atoms with Gasteiger partial charge in [0.25, 0.3) is 0 Å². The van der Waals surface area contributed by atoms with Gasteiger partial charge in [0, 0.05) is 13.1 Å². The van der Waals surface area contributed by atoms with Gasteiger partial charge in [-0.2, -0.15) is 0 Å². The Morgan fingerprint density at radius 3 is 2.88 bits per heavy atom. The van der Waals surface area contributed by atoms with Crippen molar-refractivity contribution in [2.24, 2.45) is 5.92 Å². The largest absolute Gasteiger partial charge is 0.320 e. The molecule has 0 amide bonds. The van der Waals surface area contributed by atoms with Crippen LogP contribution in [0, 0.1) is 5.92 Å². The van der Waals surface area contributed by atoms with Crippen LogP contribution in [0.2, 0.25) is 0 Å². The predicted molar refractivity (Wildman–Crippen MR) is 68.4 cm³/mol. The molecule has 0 aliphatic carbocycles. The van der Waals surface area contributed by atoms with Gasteiger partial charge in [0.05, 0.1) is 0 Å². The molecule has 1 aliphatic heterocycles. The highest BCUT2D eigenvalue weighted by Gasteiger charge is 2.21. The molecule has 1 saturated heterocycles. The smallest absolute Gasteiger partial charge is 0.0233 e. The van der Waals surface area contributed by atoms with E-state index in [1.807, 2.05) is 7.05 Å². The second kappa shape index (κ2) is 6.02. The molecular weight excluding hydrogens is 196 g/mol. The molecule has 1 aromatic carbocycles. The predicted octanol–water partition coefficient (Wildman–Crippen LogP) is 2.12. The van der Waals surface area contributed by atoms with E-state index in [0.29, 0.717) is 0 Å². The highest BCUT2D eigenvalue weighted by molar-refractivity contribution is 5.14. The molecule has 1 heterocycles. The van der Waals surface area contributed by atoms with Crippen molar-refractivity contribution in [1.29, 1.82) is 0 Å². The molecule has 1 fully saturated rings. The van der Waals surface area contributed by atoms with Crippen LogP contribution in [0.15, 0.2) is 30.3 Å². The summed E-state index contributed by atoms with van der Waals surface area (Å²) >= 11 is 0. The average molecular weight is 218 g/mol. The van der Waals surface area contributed by atoms with Crippen molar-refractivity contribution in [1.82, 2.24) is 10.2 Å². The van der Waals surface area contributed by atoms with E-state index in [4.69, 9.17) is 0 Å². The summed E-state index contributed by atoms with van der Waals surface area (Å²) < 4.78 is 0. The highest BCUT2D eigenvalue weighted by atomic mass is 15.1. The lowest BCUT2D eigenvalue weighted by molar-refractivity contribution is 0.313. The van der Waals surface area contributed by atoms with Crippen LogP contribution in [0.25, 0.3) is 0 Å². The molecular formula is C14H22N2. The van der Waals surface area contributed by atoms with Gasteiger partial charge in [-0.15, -0.1) is 0 Å². The zero-order chi connectivity index (χ0) is 11.2. The fourth-order valence-electron chi connectivity index (χ4n) is 2.48. The minimum absolute atomic E-state index is 0.899. The first kappa shape index (κ1) is 11.6. The monoisotopic (exact) mass is 218 g/mol. The van der Waals surface area contributed by atoms with E-state index in [2.05, 4.69) is 40.5 Å². The standard InChI is InChI=1S/C14H22N2/c1-15-9-7-14-8-10-16(12-14)11-13-5-3-2-4-6-13/h2-6,14-15H,7-12H2,1H3. The Kier molecular flexibility index (Phi) is 4.37. The van der Waals surface area contributed by atoms with Gasteiger partial charge in [-0.25, -0.2) is 0 Å². The fourth-order valence-corrected chi connectivity index (χ4v) is 2.48. The van der Waals surface area contributed by atoms with E-state index in [9.17, 15) is 0 Å². The maximum atomic E-state index is 3.24. The van der Waals surface area contributed by atoms with Crippen LogP contribution >= 0.6 is 0 Å². The number of rotatable bonds is 5. The van der Waals surface area contributed by atoms with Gasteiger partial charge in [-0.3, -0.25) is 4.90 Å². The van der Waals surface area contributed by atoms with Crippen molar-refractivity contribution in [2.75, 3.05) is 26.7 Å². The average Bonchev–Trinajstić information content (AvgIpc) is 2.75. The summed E-state index contributed by atoms with van der Waals surface area (Å²) in [6.07, 6.45) is 2.69. The van der Waals surface area contributed by atoms with E-state index in [1.165, 1.54) is 31.5 Å². The van der Waals surface area contributed by atoms with Crippen LogP contribution in [0.3, 0.4) is 0 Å². The number of hydrogen-bond donors (Lipinski definition) is 1. The van der Waals surface area contributed by atoms with Crippen LogP contribution < -0.4 is 5.32 Å². The third kappa shape index (κ3) is 3.32. The summed E-state index contributed by atoms with van der Waals surface area (Å²) in [6, 6.07) is 10.8. The lowest BCUT2D eigenvalue weighted by Gasteiger charge is -2.16. The van der Waals surface area contributed by atoms with Crippen LogP contribution in [-0.4, -0.2) is 31.6 Å². The van der Waals surface area contributed by atoms with Crippen molar-refractivity contribution in [2.45, 2.75) is 19.4 Å². The molecule has 0 aromatic heterocycles. The Morgan fingerprint density at radius 1 is 1.31 bits per heavy atom. The zero-order valence-corrected chi connectivity index (χ0v) is 10.2. The van der Waals surface area contributed by atoms with Gasteiger partial charge in [0.15, 0.2) is 0 Å². The quantitative estimate of drug-likeness (QED) is 0.814. The van der Waals surface area contributed by atoms with E-state index >= 15 is 0 Å². The van der Waals surface area contributed by atoms with Crippen molar-refractivity contribution in [3.8, 4) is 0 Å². The van der Waals surface area contributed by atoms with Crippen LogP contribution in [0.1, 0.15) is 18.4 Å². The summed E-state index contributed by atoms with van der Waals surface area (Å²) in [5.41, 5.74) is 1.44. The minimum atomic E-state index is 0.899. The summed E-state index contributed by atoms with van der Waals surface area (Å²) in [4.78, 5) is 2.58. The SMILES string of the molecule is CNCCC1CCN(Cc2ccccc2)C1. The molecule has 1 aromatic rings. The van der Waals surface area contributed by atoms with Gasteiger partial charge >= 0.3 is 0 Å². The van der Waals surface area contributed by atoms with Gasteiger partial charge in [0.1, 0.15) is 0 Å². The molecule has 1 atom stereocenters. The van der Waals surface area contributed by atoms with Crippen LogP contribution in [0.4, 0.5) is 0 Å². The molecule has 1 aliphatic rings. The minimum Gasteiger partial charge on any atom is -0.320 e. The summed E-state index contributed by atoms with van der Waals surface area (Å²) in [7, 11) is 2.04. The Bertz CT molecular complexity index is 297. The van der Waals surface area contributed by atoms with Gasteiger partial charge in [-0.1, -0.05) is 30.3 Å². The first-order valence-electron chi connectivity index (χ1n) is 6.29. The Labute approximate surface area is 98.7 Å². The highest BCUT2D eigenvalue weighted by Crippen LogP contribution is 2.20. The third-order valence-corrected chi connectivity index (χ3v) is 3.42. The zero-order valence-electron chi connectivity index (χ0n) is 10.2. The van der Waals surface area contributed by atoms with Crippen molar-refractivity contribution in [3.05, 3.63) is 35.9 Å². The van der Waals surface area contributed by atoms with Crippen molar-refractivity contribution < 1.29 is 0 Å². The molecule has 0 saturated carbocycles. The molecule has 1 N–H and O–H groups in total. The molecule has 0 radical (unpaired) electrons. The lowest BCUT2D eigenvalue weighted by atomic mass is 10.1. The van der Waals surface area contributed by atoms with Crippen molar-refractivity contribution >= 4 is 0 Å². The van der Waals surface area contributed by atoms with Gasteiger partial charge in [0.2, 0.25) is 0 Å². The first-order valence-corrected chi connectivity index (χ1v) is 6.29. The van der Waals surface area contributed by atoms with Crippen LogP contribution in [-0.2, 0) is 6.54 Å². The Hall–Kier alpha value is -0.860. The third-order valence-electron chi connectivity index (χ3n) is 3.42. The van der Waals surface area contributed by atoms with E-state index in [-0.39, 0.29) is 0 Å². The van der Waals surface area contributed by atoms with Gasteiger partial charge in [-0.05, 0) is 44.5 Å². The Morgan fingerprint density at radius 2 is 2.12 bits per heavy atom. The summed E-state index contributed by atoms with van der Waals surface area (Å²) in [5.74, 6) is 0.899. The second-order valence-corrected chi connectivity index (χ2v) is 4.77. The molecule has 1 unspecified atom stereocenters.